The van der Waals surface area contributed by atoms with Crippen LogP contribution in [0.15, 0.2) is 0 Å². The Balaban J connectivity index is 2.06. The summed E-state index contributed by atoms with van der Waals surface area (Å²) in [6.07, 6.45) is 2.59. The molecule has 1 fully saturated rings. The van der Waals surface area contributed by atoms with Gasteiger partial charge in [0.1, 0.15) is 0 Å². The smallest absolute Gasteiger partial charge is 0.0110 e. The van der Waals surface area contributed by atoms with E-state index in [0.29, 0.717) is 5.92 Å². The van der Waals surface area contributed by atoms with Crippen LogP contribution in [0.1, 0.15) is 33.6 Å². The fourth-order valence-corrected chi connectivity index (χ4v) is 2.49. The molecule has 0 aliphatic carbocycles. The van der Waals surface area contributed by atoms with E-state index in [2.05, 4.69) is 30.6 Å². The predicted octanol–water partition coefficient (Wildman–Crippen LogP) is 1.64. The summed E-state index contributed by atoms with van der Waals surface area (Å²) < 4.78 is 0. The molecule has 0 radical (unpaired) electrons. The highest BCUT2D eigenvalue weighted by molar-refractivity contribution is 4.72. The van der Waals surface area contributed by atoms with Gasteiger partial charge in [0.05, 0.1) is 0 Å². The molecule has 3 nitrogen and oxygen atoms in total. The zero-order valence-electron chi connectivity index (χ0n) is 12.0. The number of hydrogen-bond acceptors (Lipinski definition) is 3. The standard InChI is InChI=1S/C14H31N3/c1-13(2)12-17-9-7-16(8-10-17)6-4-5-14(3)11-15/h13-14H,4-12,15H2,1-3H3. The van der Waals surface area contributed by atoms with Gasteiger partial charge in [-0.15, -0.1) is 0 Å². The van der Waals surface area contributed by atoms with E-state index in [9.17, 15) is 0 Å². The zero-order valence-corrected chi connectivity index (χ0v) is 12.0. The first kappa shape index (κ1) is 14.9. The average Bonchev–Trinajstić information content (AvgIpc) is 2.30. The molecule has 3 heteroatoms. The van der Waals surface area contributed by atoms with Crippen molar-refractivity contribution in [3.63, 3.8) is 0 Å². The topological polar surface area (TPSA) is 32.5 Å². The van der Waals surface area contributed by atoms with Crippen LogP contribution < -0.4 is 5.73 Å². The predicted molar refractivity (Wildman–Crippen MR) is 75.2 cm³/mol. The summed E-state index contributed by atoms with van der Waals surface area (Å²) >= 11 is 0. The van der Waals surface area contributed by atoms with Gasteiger partial charge < -0.3 is 15.5 Å². The van der Waals surface area contributed by atoms with Crippen LogP contribution in [0.5, 0.6) is 0 Å². The second-order valence-corrected chi connectivity index (χ2v) is 6.02. The summed E-state index contributed by atoms with van der Waals surface area (Å²) in [6.45, 7) is 15.2. The average molecular weight is 241 g/mol. The minimum Gasteiger partial charge on any atom is -0.330 e. The van der Waals surface area contributed by atoms with Crippen molar-refractivity contribution in [2.45, 2.75) is 33.6 Å². The van der Waals surface area contributed by atoms with E-state index < -0.39 is 0 Å². The molecule has 102 valence electrons. The highest BCUT2D eigenvalue weighted by Gasteiger charge is 2.16. The van der Waals surface area contributed by atoms with Crippen LogP contribution in [0.2, 0.25) is 0 Å². The summed E-state index contributed by atoms with van der Waals surface area (Å²) in [4.78, 5) is 5.21. The lowest BCUT2D eigenvalue weighted by molar-refractivity contribution is 0.120. The molecule has 1 saturated heterocycles. The maximum absolute atomic E-state index is 5.64. The lowest BCUT2D eigenvalue weighted by Crippen LogP contribution is -2.47. The first-order valence-electron chi connectivity index (χ1n) is 7.26. The van der Waals surface area contributed by atoms with Crippen molar-refractivity contribution >= 4 is 0 Å². The first-order valence-corrected chi connectivity index (χ1v) is 7.26. The molecule has 0 bridgehead atoms. The van der Waals surface area contributed by atoms with Gasteiger partial charge >= 0.3 is 0 Å². The van der Waals surface area contributed by atoms with E-state index in [1.807, 2.05) is 0 Å². The van der Waals surface area contributed by atoms with Gasteiger partial charge in [-0.3, -0.25) is 0 Å². The molecule has 0 aromatic rings. The maximum atomic E-state index is 5.64. The van der Waals surface area contributed by atoms with Crippen molar-refractivity contribution < 1.29 is 0 Å². The monoisotopic (exact) mass is 241 g/mol. The molecule has 1 aliphatic heterocycles. The highest BCUT2D eigenvalue weighted by Crippen LogP contribution is 2.08. The minimum atomic E-state index is 0.692. The van der Waals surface area contributed by atoms with Crippen LogP contribution >= 0.6 is 0 Å². The molecule has 1 rings (SSSR count). The maximum Gasteiger partial charge on any atom is 0.0110 e. The van der Waals surface area contributed by atoms with Crippen molar-refractivity contribution in [1.29, 1.82) is 0 Å². The molecule has 17 heavy (non-hydrogen) atoms. The molecule has 1 heterocycles. The minimum absolute atomic E-state index is 0.692. The van der Waals surface area contributed by atoms with Gasteiger partial charge in [-0.1, -0.05) is 20.8 Å². The Labute approximate surface area is 107 Å². The molecular weight excluding hydrogens is 210 g/mol. The molecule has 0 saturated carbocycles. The molecule has 0 aromatic heterocycles. The van der Waals surface area contributed by atoms with E-state index in [-0.39, 0.29) is 0 Å². The Kier molecular flexibility index (Phi) is 7.09. The molecule has 0 aromatic carbocycles. The van der Waals surface area contributed by atoms with Gasteiger partial charge in [0.15, 0.2) is 0 Å². The Hall–Kier alpha value is -0.120. The second-order valence-electron chi connectivity index (χ2n) is 6.02. The van der Waals surface area contributed by atoms with Crippen LogP contribution in [-0.4, -0.2) is 55.6 Å². The quantitative estimate of drug-likeness (QED) is 0.735. The summed E-state index contributed by atoms with van der Waals surface area (Å²) in [5.41, 5.74) is 5.64. The van der Waals surface area contributed by atoms with E-state index in [0.717, 1.165) is 12.5 Å². The van der Waals surface area contributed by atoms with Gasteiger partial charge in [-0.25, -0.2) is 0 Å². The largest absolute Gasteiger partial charge is 0.330 e. The van der Waals surface area contributed by atoms with Crippen LogP contribution in [0.4, 0.5) is 0 Å². The van der Waals surface area contributed by atoms with Crippen LogP contribution in [-0.2, 0) is 0 Å². The summed E-state index contributed by atoms with van der Waals surface area (Å²) in [5, 5.41) is 0. The number of piperazine rings is 1. The van der Waals surface area contributed by atoms with Crippen LogP contribution in [0.25, 0.3) is 0 Å². The van der Waals surface area contributed by atoms with E-state index in [1.54, 1.807) is 0 Å². The van der Waals surface area contributed by atoms with E-state index in [4.69, 9.17) is 5.73 Å². The molecule has 0 amide bonds. The third-order valence-corrected chi connectivity index (χ3v) is 3.66. The van der Waals surface area contributed by atoms with Crippen LogP contribution in [0.3, 0.4) is 0 Å². The Morgan fingerprint density at radius 2 is 1.59 bits per heavy atom. The highest BCUT2D eigenvalue weighted by atomic mass is 15.3. The van der Waals surface area contributed by atoms with Gasteiger partial charge in [-0.05, 0) is 37.8 Å². The second kappa shape index (κ2) is 8.06. The summed E-state index contributed by atoms with van der Waals surface area (Å²) in [6, 6.07) is 0. The lowest BCUT2D eigenvalue weighted by Gasteiger charge is -2.35. The van der Waals surface area contributed by atoms with E-state index >= 15 is 0 Å². The number of nitrogens with two attached hydrogens (primary N) is 1. The Bertz CT molecular complexity index is 186. The SMILES string of the molecule is CC(C)CN1CCN(CCCC(C)CN)CC1. The van der Waals surface area contributed by atoms with Crippen molar-refractivity contribution in [3.8, 4) is 0 Å². The normalized spacial score (nSPS) is 21.0. The fraction of sp³-hybridized carbons (Fsp3) is 1.00. The van der Waals surface area contributed by atoms with Crippen molar-refractivity contribution in [3.05, 3.63) is 0 Å². The Morgan fingerprint density at radius 1 is 1.00 bits per heavy atom. The number of rotatable bonds is 7. The van der Waals surface area contributed by atoms with Gasteiger partial charge in [0.25, 0.3) is 0 Å². The third kappa shape index (κ3) is 6.39. The fourth-order valence-electron chi connectivity index (χ4n) is 2.49. The van der Waals surface area contributed by atoms with Gasteiger partial charge in [-0.2, -0.15) is 0 Å². The Morgan fingerprint density at radius 3 is 2.12 bits per heavy atom. The van der Waals surface area contributed by atoms with Crippen molar-refractivity contribution in [2.24, 2.45) is 17.6 Å². The van der Waals surface area contributed by atoms with Crippen LogP contribution in [0, 0.1) is 11.8 Å². The van der Waals surface area contributed by atoms with E-state index in [1.165, 1.54) is 52.1 Å². The molecular formula is C14H31N3. The zero-order chi connectivity index (χ0) is 12.7. The van der Waals surface area contributed by atoms with Gasteiger partial charge in [0, 0.05) is 32.7 Å². The van der Waals surface area contributed by atoms with Crippen molar-refractivity contribution in [2.75, 3.05) is 45.8 Å². The summed E-state index contributed by atoms with van der Waals surface area (Å²) in [7, 11) is 0. The molecule has 1 atom stereocenters. The molecule has 1 aliphatic rings. The number of hydrogen-bond donors (Lipinski definition) is 1. The summed E-state index contributed by atoms with van der Waals surface area (Å²) in [5.74, 6) is 1.49. The molecule has 1 unspecified atom stereocenters. The number of nitrogens with zero attached hydrogens (tertiary/aromatic N) is 2. The first-order chi connectivity index (χ1) is 8.11. The lowest BCUT2D eigenvalue weighted by atomic mass is 10.1. The van der Waals surface area contributed by atoms with Crippen molar-refractivity contribution in [1.82, 2.24) is 9.80 Å². The molecule has 0 spiro atoms. The third-order valence-electron chi connectivity index (χ3n) is 3.66. The van der Waals surface area contributed by atoms with Gasteiger partial charge in [0.2, 0.25) is 0 Å². The molecule has 2 N–H and O–H groups in total.